The van der Waals surface area contributed by atoms with Crippen LogP contribution in [-0.2, 0) is 4.79 Å². The molecule has 5 rings (SSSR count). The van der Waals surface area contributed by atoms with E-state index < -0.39 is 0 Å². The number of aldehydes is 1. The number of aromatic nitrogens is 3. The van der Waals surface area contributed by atoms with Gasteiger partial charge in [-0.1, -0.05) is 12.1 Å². The number of carbonyl (C=O) groups is 1. The minimum absolute atomic E-state index is 0.184. The van der Waals surface area contributed by atoms with Gasteiger partial charge in [-0.15, -0.1) is 0 Å². The summed E-state index contributed by atoms with van der Waals surface area (Å²) in [5, 5.41) is 4.66. The lowest BCUT2D eigenvalue weighted by Gasteiger charge is -2.30. The Hall–Kier alpha value is -3.52. The van der Waals surface area contributed by atoms with Crippen LogP contribution in [0.25, 0.3) is 33.1 Å². The highest BCUT2D eigenvalue weighted by Crippen LogP contribution is 2.30. The summed E-state index contributed by atoms with van der Waals surface area (Å²) in [4.78, 5) is 24.4. The molecule has 31 heavy (non-hydrogen) atoms. The predicted molar refractivity (Wildman–Crippen MR) is 123 cm³/mol. The summed E-state index contributed by atoms with van der Waals surface area (Å²) in [6, 6.07) is 12.8. The summed E-state index contributed by atoms with van der Waals surface area (Å²) >= 11 is 0. The summed E-state index contributed by atoms with van der Waals surface area (Å²) in [7, 11) is 2.17. The Labute approximate surface area is 180 Å². The minimum Gasteiger partial charge on any atom is -0.424 e. The molecule has 1 aliphatic heterocycles. The van der Waals surface area contributed by atoms with Gasteiger partial charge >= 0.3 is 0 Å². The average molecular weight is 419 g/mol. The van der Waals surface area contributed by atoms with Crippen molar-refractivity contribution in [2.45, 2.75) is 25.8 Å². The second kappa shape index (κ2) is 9.09. The number of nitrogen functional groups attached to an aromatic ring is 1. The molecular formula is C23H26N6O2. The highest BCUT2D eigenvalue weighted by Gasteiger charge is 2.18. The lowest BCUT2D eigenvalue weighted by atomic mass is 10.0. The van der Waals surface area contributed by atoms with Crippen molar-refractivity contribution in [3.05, 3.63) is 42.7 Å². The summed E-state index contributed by atoms with van der Waals surface area (Å²) in [5.41, 5.74) is 10.2. The number of nitrogens with two attached hydrogens (primary N) is 1. The fraction of sp³-hybridized carbons (Fsp3) is 0.304. The minimum atomic E-state index is 0.184. The van der Waals surface area contributed by atoms with E-state index in [1.54, 1.807) is 6.33 Å². The Balaban J connectivity index is 0.000000730. The van der Waals surface area contributed by atoms with Gasteiger partial charge in [-0.25, -0.2) is 9.97 Å². The molecule has 160 valence electrons. The molecule has 0 amide bonds. The molecule has 2 aromatic carbocycles. The van der Waals surface area contributed by atoms with Crippen molar-refractivity contribution in [3.8, 4) is 11.1 Å². The van der Waals surface area contributed by atoms with Crippen molar-refractivity contribution in [2.24, 2.45) is 0 Å². The number of hydrogen-bond donors (Lipinski definition) is 2. The molecule has 0 spiro atoms. The molecule has 4 aromatic rings. The fourth-order valence-electron chi connectivity index (χ4n) is 3.82. The summed E-state index contributed by atoms with van der Waals surface area (Å²) in [6.07, 6.45) is 4.61. The third kappa shape index (κ3) is 4.64. The molecule has 0 radical (unpaired) electrons. The molecule has 2 aromatic heterocycles. The van der Waals surface area contributed by atoms with Crippen LogP contribution in [0.1, 0.15) is 19.8 Å². The largest absolute Gasteiger partial charge is 0.424 e. The number of hydrogen-bond acceptors (Lipinski definition) is 8. The lowest BCUT2D eigenvalue weighted by Crippen LogP contribution is -2.36. The number of likely N-dealkylation sites (tertiary alicyclic amines) is 1. The number of nitrogens with zero attached hydrogens (tertiary/aromatic N) is 4. The van der Waals surface area contributed by atoms with Crippen LogP contribution in [0.15, 0.2) is 47.1 Å². The Morgan fingerprint density at radius 1 is 1.10 bits per heavy atom. The molecule has 0 unspecified atom stereocenters. The van der Waals surface area contributed by atoms with Crippen LogP contribution in [0.4, 0.5) is 11.8 Å². The molecular weight excluding hydrogens is 392 g/mol. The predicted octanol–water partition coefficient (Wildman–Crippen LogP) is 3.73. The molecule has 0 aliphatic carbocycles. The number of nitrogens with one attached hydrogen (secondary N) is 1. The number of carbonyl (C=O) groups excluding carboxylic acids is 1. The van der Waals surface area contributed by atoms with Gasteiger partial charge in [0, 0.05) is 11.4 Å². The van der Waals surface area contributed by atoms with E-state index in [0.29, 0.717) is 11.6 Å². The summed E-state index contributed by atoms with van der Waals surface area (Å²) < 4.78 is 5.37. The maximum atomic E-state index is 8.81. The van der Waals surface area contributed by atoms with E-state index in [0.717, 1.165) is 65.6 Å². The SMILES string of the molecule is CC=O.CN1CCC(Nc2ncnc3ccc(-c4ccc5oc(N)nc5c4)cc23)CC1. The third-order valence-corrected chi connectivity index (χ3v) is 5.43. The molecule has 1 fully saturated rings. The smallest absolute Gasteiger partial charge is 0.292 e. The second-order valence-electron chi connectivity index (χ2n) is 7.65. The summed E-state index contributed by atoms with van der Waals surface area (Å²) in [6.45, 7) is 3.65. The molecule has 0 bridgehead atoms. The van der Waals surface area contributed by atoms with Gasteiger partial charge < -0.3 is 25.2 Å². The van der Waals surface area contributed by atoms with Crippen molar-refractivity contribution in [2.75, 3.05) is 31.2 Å². The van der Waals surface area contributed by atoms with Crippen molar-refractivity contribution in [1.82, 2.24) is 19.9 Å². The van der Waals surface area contributed by atoms with Crippen LogP contribution in [0, 0.1) is 0 Å². The van der Waals surface area contributed by atoms with E-state index in [4.69, 9.17) is 14.9 Å². The first-order valence-corrected chi connectivity index (χ1v) is 10.3. The first-order chi connectivity index (χ1) is 15.1. The zero-order valence-electron chi connectivity index (χ0n) is 17.7. The number of benzene rings is 2. The van der Waals surface area contributed by atoms with E-state index in [1.807, 2.05) is 24.3 Å². The van der Waals surface area contributed by atoms with E-state index in [1.165, 1.54) is 6.92 Å². The molecule has 0 saturated carbocycles. The zero-order chi connectivity index (χ0) is 21.8. The summed E-state index contributed by atoms with van der Waals surface area (Å²) in [5.74, 6) is 0.896. The topological polar surface area (TPSA) is 110 Å². The molecule has 3 N–H and O–H groups in total. The monoisotopic (exact) mass is 418 g/mol. The van der Waals surface area contributed by atoms with Gasteiger partial charge in [-0.2, -0.15) is 4.98 Å². The van der Waals surface area contributed by atoms with Crippen molar-refractivity contribution in [3.63, 3.8) is 0 Å². The van der Waals surface area contributed by atoms with Gasteiger partial charge in [-0.3, -0.25) is 0 Å². The number of anilines is 2. The molecule has 8 nitrogen and oxygen atoms in total. The average Bonchev–Trinajstić information content (AvgIpc) is 3.15. The highest BCUT2D eigenvalue weighted by atomic mass is 16.4. The van der Waals surface area contributed by atoms with E-state index in [2.05, 4.69) is 44.3 Å². The Morgan fingerprint density at radius 3 is 2.58 bits per heavy atom. The Morgan fingerprint density at radius 2 is 1.81 bits per heavy atom. The molecule has 8 heteroatoms. The third-order valence-electron chi connectivity index (χ3n) is 5.43. The quantitative estimate of drug-likeness (QED) is 0.484. The van der Waals surface area contributed by atoms with Gasteiger partial charge in [-0.05, 0) is 75.3 Å². The van der Waals surface area contributed by atoms with E-state index in [9.17, 15) is 0 Å². The number of piperidine rings is 1. The van der Waals surface area contributed by atoms with Crippen LogP contribution >= 0.6 is 0 Å². The normalized spacial score (nSPS) is 14.9. The number of rotatable bonds is 3. The van der Waals surface area contributed by atoms with Crippen LogP contribution < -0.4 is 11.1 Å². The molecule has 3 heterocycles. The van der Waals surface area contributed by atoms with Crippen LogP contribution in [0.2, 0.25) is 0 Å². The first-order valence-electron chi connectivity index (χ1n) is 10.3. The molecule has 1 aliphatic rings. The van der Waals surface area contributed by atoms with Crippen LogP contribution in [0.5, 0.6) is 0 Å². The van der Waals surface area contributed by atoms with Crippen molar-refractivity contribution < 1.29 is 9.21 Å². The Kier molecular flexibility index (Phi) is 6.08. The second-order valence-corrected chi connectivity index (χ2v) is 7.65. The van der Waals surface area contributed by atoms with Gasteiger partial charge in [0.2, 0.25) is 0 Å². The highest BCUT2D eigenvalue weighted by molar-refractivity contribution is 5.93. The van der Waals surface area contributed by atoms with Crippen molar-refractivity contribution in [1.29, 1.82) is 0 Å². The number of fused-ring (bicyclic) bond motifs is 2. The van der Waals surface area contributed by atoms with Crippen LogP contribution in [0.3, 0.4) is 0 Å². The fourth-order valence-corrected chi connectivity index (χ4v) is 3.82. The maximum Gasteiger partial charge on any atom is 0.292 e. The first kappa shape index (κ1) is 20.7. The van der Waals surface area contributed by atoms with Gasteiger partial charge in [0.1, 0.15) is 23.9 Å². The van der Waals surface area contributed by atoms with Crippen LogP contribution in [-0.4, -0.2) is 52.3 Å². The zero-order valence-corrected chi connectivity index (χ0v) is 17.7. The van der Waals surface area contributed by atoms with Gasteiger partial charge in [0.25, 0.3) is 6.01 Å². The standard InChI is InChI=1S/C21H22N6O.C2H4O/c1-27-8-6-15(7-9-27)25-20-16-10-13(2-4-17(16)23-12-24-20)14-3-5-19-18(11-14)26-21(22)28-19;1-2-3/h2-5,10-12,15H,6-9H2,1H3,(H2,22,26)(H,23,24,25);2H,1H3. The Bertz CT molecular complexity index is 1200. The van der Waals surface area contributed by atoms with Crippen molar-refractivity contribution >= 4 is 40.1 Å². The van der Waals surface area contributed by atoms with Gasteiger partial charge in [0.05, 0.1) is 5.52 Å². The molecule has 1 saturated heterocycles. The lowest BCUT2D eigenvalue weighted by molar-refractivity contribution is -0.106. The number of oxazole rings is 1. The van der Waals surface area contributed by atoms with Gasteiger partial charge in [0.15, 0.2) is 5.58 Å². The van der Waals surface area contributed by atoms with E-state index in [-0.39, 0.29) is 6.01 Å². The maximum absolute atomic E-state index is 8.81. The van der Waals surface area contributed by atoms with E-state index >= 15 is 0 Å². The molecule has 0 atom stereocenters.